The standard InChI is InChI=1S/C20H18N2O4/c1-12(2)21-19(23)16-10-22(20(24)15-6-4-3-5-14(15)16)13-7-8-17-18(9-13)26-11-25-17/h3-10,12H,11H2,1-2H3,(H,21,23). The summed E-state index contributed by atoms with van der Waals surface area (Å²) < 4.78 is 12.2. The lowest BCUT2D eigenvalue weighted by Gasteiger charge is -2.14. The molecule has 1 amide bonds. The first kappa shape index (κ1) is 16.2. The van der Waals surface area contributed by atoms with Crippen LogP contribution in [-0.4, -0.2) is 23.3 Å². The molecule has 4 rings (SSSR count). The van der Waals surface area contributed by atoms with Crippen molar-refractivity contribution in [3.63, 3.8) is 0 Å². The van der Waals surface area contributed by atoms with Gasteiger partial charge in [-0.15, -0.1) is 0 Å². The van der Waals surface area contributed by atoms with Crippen molar-refractivity contribution in [3.05, 3.63) is 64.6 Å². The number of hydrogen-bond acceptors (Lipinski definition) is 4. The summed E-state index contributed by atoms with van der Waals surface area (Å²) in [5.41, 5.74) is 0.871. The van der Waals surface area contributed by atoms with Gasteiger partial charge in [-0.05, 0) is 32.0 Å². The normalized spacial score (nSPS) is 12.6. The zero-order valence-corrected chi connectivity index (χ0v) is 14.5. The van der Waals surface area contributed by atoms with Crippen LogP contribution in [0, 0.1) is 0 Å². The Morgan fingerprint density at radius 1 is 1.08 bits per heavy atom. The van der Waals surface area contributed by atoms with Gasteiger partial charge in [-0.1, -0.05) is 18.2 Å². The van der Waals surface area contributed by atoms with E-state index in [1.54, 1.807) is 42.6 Å². The number of nitrogens with one attached hydrogen (secondary N) is 1. The average Bonchev–Trinajstić information content (AvgIpc) is 3.09. The first-order valence-electron chi connectivity index (χ1n) is 8.40. The Morgan fingerprint density at radius 2 is 1.81 bits per heavy atom. The fraction of sp³-hybridized carbons (Fsp3) is 0.200. The third-order valence-electron chi connectivity index (χ3n) is 4.22. The summed E-state index contributed by atoms with van der Waals surface area (Å²) in [5.74, 6) is 1.00. The predicted molar refractivity (Wildman–Crippen MR) is 98.3 cm³/mol. The highest BCUT2D eigenvalue weighted by molar-refractivity contribution is 6.06. The Kier molecular flexibility index (Phi) is 3.88. The van der Waals surface area contributed by atoms with Gasteiger partial charge in [0, 0.05) is 29.1 Å². The molecule has 0 fully saturated rings. The molecule has 1 aliphatic rings. The van der Waals surface area contributed by atoms with Crippen LogP contribution in [-0.2, 0) is 0 Å². The van der Waals surface area contributed by atoms with Gasteiger partial charge < -0.3 is 14.8 Å². The smallest absolute Gasteiger partial charge is 0.262 e. The topological polar surface area (TPSA) is 69.6 Å². The van der Waals surface area contributed by atoms with Crippen LogP contribution in [0.5, 0.6) is 11.5 Å². The summed E-state index contributed by atoms with van der Waals surface area (Å²) in [5, 5.41) is 4.01. The molecule has 2 aromatic carbocycles. The minimum absolute atomic E-state index is 0.00724. The van der Waals surface area contributed by atoms with E-state index in [1.165, 1.54) is 4.57 Å². The van der Waals surface area contributed by atoms with Crippen molar-refractivity contribution in [2.45, 2.75) is 19.9 Å². The minimum atomic E-state index is -0.217. The van der Waals surface area contributed by atoms with Crippen LogP contribution < -0.4 is 20.3 Å². The number of nitrogens with zero attached hydrogens (tertiary/aromatic N) is 1. The summed E-state index contributed by atoms with van der Waals surface area (Å²) >= 11 is 0. The van der Waals surface area contributed by atoms with Gasteiger partial charge in [0.2, 0.25) is 6.79 Å². The summed E-state index contributed by atoms with van der Waals surface area (Å²) in [6.07, 6.45) is 1.58. The Balaban J connectivity index is 1.94. The summed E-state index contributed by atoms with van der Waals surface area (Å²) in [4.78, 5) is 25.7. The Bertz CT molecular complexity index is 1070. The molecule has 6 heteroatoms. The van der Waals surface area contributed by atoms with Crippen molar-refractivity contribution < 1.29 is 14.3 Å². The van der Waals surface area contributed by atoms with Crippen LogP contribution in [0.1, 0.15) is 24.2 Å². The van der Waals surface area contributed by atoms with Gasteiger partial charge in [0.25, 0.3) is 11.5 Å². The third kappa shape index (κ3) is 2.69. The molecular formula is C20H18N2O4. The molecule has 0 spiro atoms. The lowest BCUT2D eigenvalue weighted by atomic mass is 10.1. The number of aromatic nitrogens is 1. The molecule has 1 aliphatic heterocycles. The third-order valence-corrected chi connectivity index (χ3v) is 4.22. The van der Waals surface area contributed by atoms with Crippen LogP contribution in [0.25, 0.3) is 16.5 Å². The second-order valence-corrected chi connectivity index (χ2v) is 6.43. The maximum absolute atomic E-state index is 13.0. The van der Waals surface area contributed by atoms with Crippen molar-refractivity contribution in [2.75, 3.05) is 6.79 Å². The van der Waals surface area contributed by atoms with Gasteiger partial charge in [-0.3, -0.25) is 14.2 Å². The van der Waals surface area contributed by atoms with Crippen molar-refractivity contribution in [3.8, 4) is 17.2 Å². The highest BCUT2D eigenvalue weighted by Crippen LogP contribution is 2.33. The molecule has 0 bridgehead atoms. The SMILES string of the molecule is CC(C)NC(=O)c1cn(-c2ccc3c(c2)OCO3)c(=O)c2ccccc12. The van der Waals surface area contributed by atoms with E-state index >= 15 is 0 Å². The van der Waals surface area contributed by atoms with E-state index < -0.39 is 0 Å². The Morgan fingerprint density at radius 3 is 2.58 bits per heavy atom. The minimum Gasteiger partial charge on any atom is -0.454 e. The molecule has 0 atom stereocenters. The molecule has 1 aromatic heterocycles. The number of rotatable bonds is 3. The zero-order chi connectivity index (χ0) is 18.3. The molecule has 0 saturated carbocycles. The number of hydrogen-bond donors (Lipinski definition) is 1. The number of fused-ring (bicyclic) bond motifs is 2. The van der Waals surface area contributed by atoms with Crippen molar-refractivity contribution >= 4 is 16.7 Å². The molecule has 0 unspecified atom stereocenters. The first-order chi connectivity index (χ1) is 12.5. The van der Waals surface area contributed by atoms with Crippen LogP contribution in [0.3, 0.4) is 0 Å². The second-order valence-electron chi connectivity index (χ2n) is 6.43. The molecule has 26 heavy (non-hydrogen) atoms. The summed E-state index contributed by atoms with van der Waals surface area (Å²) in [6.45, 7) is 3.95. The lowest BCUT2D eigenvalue weighted by Crippen LogP contribution is -2.32. The molecule has 0 radical (unpaired) electrons. The van der Waals surface area contributed by atoms with E-state index in [-0.39, 0.29) is 24.3 Å². The van der Waals surface area contributed by atoms with Gasteiger partial charge in [0.15, 0.2) is 11.5 Å². The zero-order valence-electron chi connectivity index (χ0n) is 14.5. The largest absolute Gasteiger partial charge is 0.454 e. The molecule has 0 aliphatic carbocycles. The highest BCUT2D eigenvalue weighted by Gasteiger charge is 2.18. The monoisotopic (exact) mass is 350 g/mol. The number of carbonyl (C=O) groups excluding carboxylic acids is 1. The van der Waals surface area contributed by atoms with Crippen molar-refractivity contribution in [1.29, 1.82) is 0 Å². The lowest BCUT2D eigenvalue weighted by molar-refractivity contribution is 0.0944. The van der Waals surface area contributed by atoms with Gasteiger partial charge >= 0.3 is 0 Å². The van der Waals surface area contributed by atoms with E-state index in [4.69, 9.17) is 9.47 Å². The van der Waals surface area contributed by atoms with Gasteiger partial charge in [-0.25, -0.2) is 0 Å². The van der Waals surface area contributed by atoms with Gasteiger partial charge in [0.1, 0.15) is 0 Å². The predicted octanol–water partition coefficient (Wildman–Crippen LogP) is 2.86. The fourth-order valence-electron chi connectivity index (χ4n) is 3.04. The first-order valence-corrected chi connectivity index (χ1v) is 8.40. The highest BCUT2D eigenvalue weighted by atomic mass is 16.7. The van der Waals surface area contributed by atoms with E-state index in [0.717, 1.165) is 0 Å². The number of carbonyl (C=O) groups is 1. The van der Waals surface area contributed by atoms with Crippen LogP contribution in [0.4, 0.5) is 0 Å². The van der Waals surface area contributed by atoms with E-state index in [9.17, 15) is 9.59 Å². The maximum Gasteiger partial charge on any atom is 0.262 e. The molecule has 1 N–H and O–H groups in total. The average molecular weight is 350 g/mol. The van der Waals surface area contributed by atoms with Crippen molar-refractivity contribution in [2.24, 2.45) is 0 Å². The van der Waals surface area contributed by atoms with Crippen LogP contribution >= 0.6 is 0 Å². The molecule has 6 nitrogen and oxygen atoms in total. The number of benzene rings is 2. The van der Waals surface area contributed by atoms with E-state index in [2.05, 4.69) is 5.32 Å². The van der Waals surface area contributed by atoms with E-state index in [0.29, 0.717) is 33.5 Å². The molecule has 0 saturated heterocycles. The number of amides is 1. The number of pyridine rings is 1. The quantitative estimate of drug-likeness (QED) is 0.789. The van der Waals surface area contributed by atoms with E-state index in [1.807, 2.05) is 19.9 Å². The van der Waals surface area contributed by atoms with Gasteiger partial charge in [0.05, 0.1) is 11.3 Å². The Hall–Kier alpha value is -3.28. The molecule has 132 valence electrons. The fourth-order valence-corrected chi connectivity index (χ4v) is 3.04. The van der Waals surface area contributed by atoms with Crippen LogP contribution in [0.2, 0.25) is 0 Å². The van der Waals surface area contributed by atoms with Crippen molar-refractivity contribution in [1.82, 2.24) is 9.88 Å². The summed E-state index contributed by atoms with van der Waals surface area (Å²) in [7, 11) is 0. The maximum atomic E-state index is 13.0. The van der Waals surface area contributed by atoms with Gasteiger partial charge in [-0.2, -0.15) is 0 Å². The summed E-state index contributed by atoms with van der Waals surface area (Å²) in [6, 6.07) is 12.4. The molecule has 2 heterocycles. The van der Waals surface area contributed by atoms with Crippen LogP contribution in [0.15, 0.2) is 53.5 Å². The second kappa shape index (κ2) is 6.22. The molecule has 3 aromatic rings. The Labute approximate surface area is 150 Å². The molecular weight excluding hydrogens is 332 g/mol. The number of ether oxygens (including phenoxy) is 2.